The van der Waals surface area contributed by atoms with Gasteiger partial charge in [0.05, 0.1) is 18.3 Å². The summed E-state index contributed by atoms with van der Waals surface area (Å²) in [4.78, 5) is 32.7. The molecule has 2 aromatic heterocycles. The number of hydrogen-bond donors (Lipinski definition) is 2. The lowest BCUT2D eigenvalue weighted by molar-refractivity contribution is -0.118. The minimum atomic E-state index is -0.145. The van der Waals surface area contributed by atoms with Crippen molar-refractivity contribution in [2.45, 2.75) is 52.7 Å². The molecular formula is C17H25N4O2S2+. The number of aromatic nitrogens is 2. The molecule has 1 unspecified atom stereocenters. The fourth-order valence-corrected chi connectivity index (χ4v) is 4.40. The van der Waals surface area contributed by atoms with E-state index in [1.807, 2.05) is 26.2 Å². The zero-order chi connectivity index (χ0) is 18.6. The summed E-state index contributed by atoms with van der Waals surface area (Å²) < 4.78 is 0. The van der Waals surface area contributed by atoms with Gasteiger partial charge in [-0.15, -0.1) is 11.3 Å². The van der Waals surface area contributed by atoms with Crippen molar-refractivity contribution in [2.24, 2.45) is 5.41 Å². The van der Waals surface area contributed by atoms with E-state index in [-0.39, 0.29) is 34.1 Å². The van der Waals surface area contributed by atoms with Gasteiger partial charge in [0, 0.05) is 22.3 Å². The Labute approximate surface area is 155 Å². The Hall–Kier alpha value is -1.80. The molecule has 0 aliphatic rings. The molecule has 0 fully saturated rings. The number of nitrogens with one attached hydrogen (secondary N) is 2. The number of rotatable bonds is 6. The van der Waals surface area contributed by atoms with Gasteiger partial charge in [-0.2, -0.15) is 4.98 Å². The summed E-state index contributed by atoms with van der Waals surface area (Å²) in [6, 6.07) is 0. The number of carbonyl (C=O) groups excluding carboxylic acids is 2. The van der Waals surface area contributed by atoms with Crippen molar-refractivity contribution in [3.8, 4) is 0 Å². The number of amides is 2. The molecule has 0 spiro atoms. The topological polar surface area (TPSA) is 84.0 Å². The summed E-state index contributed by atoms with van der Waals surface area (Å²) in [5, 5.41) is 11.1. The fraction of sp³-hybridized carbons (Fsp3) is 0.529. The molecule has 25 heavy (non-hydrogen) atoms. The van der Waals surface area contributed by atoms with E-state index in [1.165, 1.54) is 11.3 Å². The van der Waals surface area contributed by atoms with Crippen molar-refractivity contribution in [2.75, 3.05) is 10.6 Å². The zero-order valence-electron chi connectivity index (χ0n) is 15.3. The van der Waals surface area contributed by atoms with Crippen molar-refractivity contribution in [3.05, 3.63) is 22.7 Å². The van der Waals surface area contributed by atoms with Crippen LogP contribution in [0.4, 0.5) is 10.3 Å². The molecule has 0 aromatic carbocycles. The second kappa shape index (κ2) is 8.05. The zero-order valence-corrected chi connectivity index (χ0v) is 16.9. The minimum Gasteiger partial charge on any atom is -0.302 e. The van der Waals surface area contributed by atoms with E-state index in [4.69, 9.17) is 0 Å². The van der Waals surface area contributed by atoms with Crippen LogP contribution in [-0.4, -0.2) is 21.8 Å². The standard InChI is InChI=1S/C17H24N4O2S2/c1-11(2)25-7-6-18-16(25)21-13(22)8-12-10-24-15(19-12)20-14(23)9-17(3,4)5/h6-7,10-11H,8-9H2,1-5H3,(H-,18,19,20,21,22,23)/p+1. The van der Waals surface area contributed by atoms with Gasteiger partial charge in [0.25, 0.3) is 0 Å². The Morgan fingerprint density at radius 2 is 1.96 bits per heavy atom. The fourth-order valence-electron chi connectivity index (χ4n) is 2.18. The number of carbonyl (C=O) groups is 2. The SMILES string of the molecule is CC(C)[s+]1ccnc1NC(=O)Cc1csc(NC(=O)CC(C)(C)C)n1. The Bertz CT molecular complexity index is 744. The van der Waals surface area contributed by atoms with Gasteiger partial charge in [0.15, 0.2) is 10.5 Å². The Balaban J connectivity index is 1.91. The van der Waals surface area contributed by atoms with E-state index in [0.29, 0.717) is 27.6 Å². The summed E-state index contributed by atoms with van der Waals surface area (Å²) >= 11 is 1.33. The van der Waals surface area contributed by atoms with Crippen LogP contribution in [-0.2, 0) is 16.0 Å². The highest BCUT2D eigenvalue weighted by Crippen LogP contribution is 2.37. The largest absolute Gasteiger partial charge is 0.346 e. The van der Waals surface area contributed by atoms with Crippen molar-refractivity contribution in [1.82, 2.24) is 9.97 Å². The Morgan fingerprint density at radius 3 is 2.60 bits per heavy atom. The van der Waals surface area contributed by atoms with Crippen LogP contribution in [0, 0.1) is 5.41 Å². The first-order valence-corrected chi connectivity index (χ1v) is 10.4. The first-order chi connectivity index (χ1) is 11.6. The van der Waals surface area contributed by atoms with E-state index in [1.54, 1.807) is 11.6 Å². The van der Waals surface area contributed by atoms with Crippen molar-refractivity contribution in [1.29, 1.82) is 0 Å². The highest BCUT2D eigenvalue weighted by Gasteiger charge is 2.21. The summed E-state index contributed by atoms with van der Waals surface area (Å²) in [5.74, 6) is -0.205. The van der Waals surface area contributed by atoms with Crippen molar-refractivity contribution >= 4 is 43.9 Å². The molecule has 0 saturated heterocycles. The van der Waals surface area contributed by atoms with E-state index < -0.39 is 0 Å². The van der Waals surface area contributed by atoms with Gasteiger partial charge >= 0.3 is 5.13 Å². The van der Waals surface area contributed by atoms with Crippen LogP contribution in [0.15, 0.2) is 17.0 Å². The van der Waals surface area contributed by atoms with Gasteiger partial charge < -0.3 is 5.32 Å². The highest BCUT2D eigenvalue weighted by atomic mass is 32.2. The predicted molar refractivity (Wildman–Crippen MR) is 104 cm³/mol. The average molecular weight is 382 g/mol. The average Bonchev–Trinajstić information content (AvgIpc) is 3.06. The van der Waals surface area contributed by atoms with E-state index in [0.717, 1.165) is 0 Å². The lowest BCUT2D eigenvalue weighted by atomic mass is 9.92. The smallest absolute Gasteiger partial charge is 0.302 e. The molecule has 6 nitrogen and oxygen atoms in total. The molecule has 2 N–H and O–H groups in total. The molecule has 0 radical (unpaired) electrons. The molecular weight excluding hydrogens is 356 g/mol. The van der Waals surface area contributed by atoms with Crippen LogP contribution in [0.1, 0.15) is 52.0 Å². The molecule has 2 heterocycles. The van der Waals surface area contributed by atoms with Gasteiger partial charge in [0.1, 0.15) is 5.25 Å². The van der Waals surface area contributed by atoms with Crippen LogP contribution in [0.3, 0.4) is 0 Å². The second-order valence-electron chi connectivity index (χ2n) is 7.29. The third-order valence-corrected chi connectivity index (χ3v) is 6.10. The lowest BCUT2D eigenvalue weighted by Crippen LogP contribution is -2.19. The summed E-state index contributed by atoms with van der Waals surface area (Å²) in [6.07, 6.45) is 2.33. The van der Waals surface area contributed by atoms with Crippen LogP contribution < -0.4 is 10.6 Å². The monoisotopic (exact) mass is 381 g/mol. The lowest BCUT2D eigenvalue weighted by Gasteiger charge is -2.16. The molecule has 0 saturated carbocycles. The van der Waals surface area contributed by atoms with Crippen molar-refractivity contribution in [3.63, 3.8) is 0 Å². The van der Waals surface area contributed by atoms with Gasteiger partial charge in [0.2, 0.25) is 11.8 Å². The number of nitrogens with zero attached hydrogens (tertiary/aromatic N) is 2. The Kier molecular flexibility index (Phi) is 6.29. The molecule has 0 aliphatic carbocycles. The molecule has 1 atom stereocenters. The minimum absolute atomic E-state index is 0.0646. The molecule has 2 amide bonds. The van der Waals surface area contributed by atoms with Gasteiger partial charge in [-0.25, -0.2) is 4.98 Å². The third kappa shape index (κ3) is 6.21. The van der Waals surface area contributed by atoms with E-state index in [2.05, 4.69) is 34.4 Å². The van der Waals surface area contributed by atoms with Crippen LogP contribution in [0.25, 0.3) is 0 Å². The molecule has 136 valence electrons. The van der Waals surface area contributed by atoms with E-state index in [9.17, 15) is 9.59 Å². The predicted octanol–water partition coefficient (Wildman–Crippen LogP) is 4.42. The summed E-state index contributed by atoms with van der Waals surface area (Å²) in [6.45, 7) is 10.2. The van der Waals surface area contributed by atoms with Crippen LogP contribution in [0.2, 0.25) is 0 Å². The molecule has 0 aliphatic heterocycles. The maximum atomic E-state index is 12.2. The highest BCUT2D eigenvalue weighted by molar-refractivity contribution is 7.33. The van der Waals surface area contributed by atoms with Crippen LogP contribution in [0.5, 0.6) is 0 Å². The molecule has 8 heteroatoms. The third-order valence-electron chi connectivity index (χ3n) is 3.21. The number of hydrogen-bond acceptors (Lipinski definition) is 5. The second-order valence-corrected chi connectivity index (χ2v) is 10.5. The normalized spacial score (nSPS) is 12.3. The van der Waals surface area contributed by atoms with Crippen molar-refractivity contribution < 1.29 is 9.59 Å². The van der Waals surface area contributed by atoms with Gasteiger partial charge in [-0.05, 0) is 19.3 Å². The maximum absolute atomic E-state index is 12.2. The first kappa shape index (κ1) is 19.5. The molecule has 2 aromatic rings. The van der Waals surface area contributed by atoms with Gasteiger partial charge in [-0.1, -0.05) is 20.8 Å². The molecule has 0 bridgehead atoms. The van der Waals surface area contributed by atoms with Crippen LogP contribution >= 0.6 is 21.8 Å². The molecule has 2 rings (SSSR count). The first-order valence-electron chi connectivity index (χ1n) is 8.14. The quantitative estimate of drug-likeness (QED) is 0.725. The maximum Gasteiger partial charge on any atom is 0.346 e. The number of anilines is 2. The summed E-state index contributed by atoms with van der Waals surface area (Å²) in [5.41, 5.74) is 0.568. The summed E-state index contributed by atoms with van der Waals surface area (Å²) in [7, 11) is -0.145. The van der Waals surface area contributed by atoms with Gasteiger partial charge in [-0.3, -0.25) is 14.9 Å². The Morgan fingerprint density at radius 1 is 1.24 bits per heavy atom. The van der Waals surface area contributed by atoms with E-state index >= 15 is 0 Å². The number of thiazole rings is 2.